The Balaban J connectivity index is 0.00000144. The summed E-state index contributed by atoms with van der Waals surface area (Å²) in [6.07, 6.45) is 2.84. The summed E-state index contributed by atoms with van der Waals surface area (Å²) in [7, 11) is 0. The predicted octanol–water partition coefficient (Wildman–Crippen LogP) is 2.85. The van der Waals surface area contributed by atoms with Crippen LogP contribution in [0.5, 0.6) is 0 Å². The molecule has 1 aromatic carbocycles. The van der Waals surface area contributed by atoms with Crippen LogP contribution in [0.3, 0.4) is 0 Å². The lowest BCUT2D eigenvalue weighted by Gasteiger charge is -2.31. The first-order chi connectivity index (χ1) is 7.76. The molecule has 0 unspecified atom stereocenters. The molecule has 1 N–H and O–H groups in total. The molecular formula is C14H19ClN2. The van der Waals surface area contributed by atoms with Crippen molar-refractivity contribution < 1.29 is 0 Å². The zero-order valence-corrected chi connectivity index (χ0v) is 11.0. The molecule has 0 aliphatic carbocycles. The molecule has 17 heavy (non-hydrogen) atoms. The maximum atomic E-state index is 9.42. The Labute approximate surface area is 109 Å². The number of benzene rings is 1. The number of rotatable bonds is 2. The minimum Gasteiger partial charge on any atom is -0.317 e. The summed E-state index contributed by atoms with van der Waals surface area (Å²) in [6.45, 7) is 4.07. The maximum absolute atomic E-state index is 9.42. The summed E-state index contributed by atoms with van der Waals surface area (Å²) in [4.78, 5) is 0. The van der Waals surface area contributed by atoms with Gasteiger partial charge in [0.05, 0.1) is 11.5 Å². The van der Waals surface area contributed by atoms with Crippen LogP contribution in [0, 0.1) is 23.7 Å². The average Bonchev–Trinajstić information content (AvgIpc) is 2.33. The van der Waals surface area contributed by atoms with Crippen molar-refractivity contribution in [3.05, 3.63) is 35.4 Å². The number of hydrogen-bond acceptors (Lipinski definition) is 2. The van der Waals surface area contributed by atoms with Crippen LogP contribution in [-0.2, 0) is 6.42 Å². The van der Waals surface area contributed by atoms with Crippen molar-refractivity contribution in [1.82, 2.24) is 5.32 Å². The van der Waals surface area contributed by atoms with Gasteiger partial charge in [-0.25, -0.2) is 0 Å². The highest BCUT2D eigenvalue weighted by molar-refractivity contribution is 5.85. The van der Waals surface area contributed by atoms with Crippen LogP contribution in [0.25, 0.3) is 0 Å². The molecule has 1 aliphatic rings. The van der Waals surface area contributed by atoms with Crippen molar-refractivity contribution in [2.45, 2.75) is 26.2 Å². The maximum Gasteiger partial charge on any atom is 0.0694 e. The minimum atomic E-state index is -0.142. The highest BCUT2D eigenvalue weighted by atomic mass is 35.5. The van der Waals surface area contributed by atoms with E-state index in [4.69, 9.17) is 0 Å². The Morgan fingerprint density at radius 1 is 1.29 bits per heavy atom. The van der Waals surface area contributed by atoms with Crippen molar-refractivity contribution in [3.63, 3.8) is 0 Å². The van der Waals surface area contributed by atoms with Crippen LogP contribution >= 0.6 is 12.4 Å². The van der Waals surface area contributed by atoms with Crippen LogP contribution in [-0.4, -0.2) is 13.1 Å². The Morgan fingerprint density at radius 3 is 2.53 bits per heavy atom. The predicted molar refractivity (Wildman–Crippen MR) is 72.3 cm³/mol. The molecule has 1 aromatic rings. The summed E-state index contributed by atoms with van der Waals surface area (Å²) in [6, 6.07) is 10.9. The molecular weight excluding hydrogens is 232 g/mol. The van der Waals surface area contributed by atoms with Gasteiger partial charge in [0.25, 0.3) is 0 Å². The van der Waals surface area contributed by atoms with Gasteiger partial charge in [0.2, 0.25) is 0 Å². The highest BCUT2D eigenvalue weighted by Crippen LogP contribution is 2.32. The second kappa shape index (κ2) is 6.05. The van der Waals surface area contributed by atoms with Crippen LogP contribution in [0.1, 0.15) is 24.0 Å². The Morgan fingerprint density at radius 2 is 1.94 bits per heavy atom. The second-order valence-corrected chi connectivity index (χ2v) is 4.75. The zero-order chi connectivity index (χ0) is 11.4. The molecule has 3 heteroatoms. The molecule has 0 spiro atoms. The third-order valence-corrected chi connectivity index (χ3v) is 3.59. The molecule has 0 atom stereocenters. The Kier molecular flexibility index (Phi) is 4.99. The average molecular weight is 251 g/mol. The molecule has 1 fully saturated rings. The summed E-state index contributed by atoms with van der Waals surface area (Å²) in [5, 5.41) is 12.7. The summed E-state index contributed by atoms with van der Waals surface area (Å²) < 4.78 is 0. The number of aryl methyl sites for hydroxylation is 1. The van der Waals surface area contributed by atoms with Crippen LogP contribution in [0.15, 0.2) is 24.3 Å². The van der Waals surface area contributed by atoms with E-state index in [1.54, 1.807) is 0 Å². The first-order valence-corrected chi connectivity index (χ1v) is 5.92. The van der Waals surface area contributed by atoms with E-state index in [1.165, 1.54) is 11.1 Å². The first-order valence-electron chi connectivity index (χ1n) is 5.92. The van der Waals surface area contributed by atoms with Crippen molar-refractivity contribution in [3.8, 4) is 6.07 Å². The fourth-order valence-corrected chi connectivity index (χ4v) is 2.41. The van der Waals surface area contributed by atoms with Gasteiger partial charge in [-0.2, -0.15) is 5.26 Å². The highest BCUT2D eigenvalue weighted by Gasteiger charge is 2.32. The van der Waals surface area contributed by atoms with Gasteiger partial charge in [-0.1, -0.05) is 24.3 Å². The van der Waals surface area contributed by atoms with E-state index in [2.05, 4.69) is 42.6 Å². The third kappa shape index (κ3) is 3.21. The number of nitrogens with zero attached hydrogens (tertiary/aromatic N) is 1. The van der Waals surface area contributed by atoms with Gasteiger partial charge in [-0.3, -0.25) is 0 Å². The topological polar surface area (TPSA) is 35.8 Å². The molecule has 0 radical (unpaired) electrons. The van der Waals surface area contributed by atoms with Crippen molar-refractivity contribution in [1.29, 1.82) is 5.26 Å². The van der Waals surface area contributed by atoms with E-state index in [0.29, 0.717) is 0 Å². The normalized spacial score (nSPS) is 17.9. The fourth-order valence-electron chi connectivity index (χ4n) is 2.41. The van der Waals surface area contributed by atoms with Crippen molar-refractivity contribution in [2.75, 3.05) is 13.1 Å². The van der Waals surface area contributed by atoms with E-state index >= 15 is 0 Å². The summed E-state index contributed by atoms with van der Waals surface area (Å²) in [5.74, 6) is 0. The molecule has 0 aromatic heterocycles. The van der Waals surface area contributed by atoms with E-state index in [0.717, 1.165) is 32.4 Å². The Hall–Kier alpha value is -1.04. The first kappa shape index (κ1) is 14.0. The lowest BCUT2D eigenvalue weighted by molar-refractivity contribution is 0.280. The Bertz CT molecular complexity index is 403. The molecule has 0 bridgehead atoms. The van der Waals surface area contributed by atoms with Gasteiger partial charge in [0, 0.05) is 0 Å². The van der Waals surface area contributed by atoms with Gasteiger partial charge in [-0.05, 0) is 50.4 Å². The summed E-state index contributed by atoms with van der Waals surface area (Å²) in [5.41, 5.74) is 2.48. The number of nitriles is 1. The van der Waals surface area contributed by atoms with Gasteiger partial charge >= 0.3 is 0 Å². The molecule has 92 valence electrons. The van der Waals surface area contributed by atoms with Gasteiger partial charge in [-0.15, -0.1) is 12.4 Å². The standard InChI is InChI=1S/C14H18N2.ClH/c1-12-4-2-3-5-13(12)10-14(11-15)6-8-16-9-7-14;/h2-5,16H,6-10H2,1H3;1H. The molecule has 2 rings (SSSR count). The monoisotopic (exact) mass is 250 g/mol. The van der Waals surface area contributed by atoms with Gasteiger partial charge in [0.1, 0.15) is 0 Å². The van der Waals surface area contributed by atoms with Crippen LogP contribution in [0.4, 0.5) is 0 Å². The largest absolute Gasteiger partial charge is 0.317 e. The minimum absolute atomic E-state index is 0. The third-order valence-electron chi connectivity index (χ3n) is 3.59. The number of nitrogens with one attached hydrogen (secondary N) is 1. The molecule has 1 aliphatic heterocycles. The number of halogens is 1. The molecule has 2 nitrogen and oxygen atoms in total. The second-order valence-electron chi connectivity index (χ2n) is 4.75. The molecule has 1 heterocycles. The van der Waals surface area contributed by atoms with Crippen LogP contribution < -0.4 is 5.32 Å². The van der Waals surface area contributed by atoms with Gasteiger partial charge < -0.3 is 5.32 Å². The summed E-state index contributed by atoms with van der Waals surface area (Å²) >= 11 is 0. The molecule has 1 saturated heterocycles. The smallest absolute Gasteiger partial charge is 0.0694 e. The van der Waals surface area contributed by atoms with E-state index in [9.17, 15) is 5.26 Å². The zero-order valence-electron chi connectivity index (χ0n) is 10.2. The van der Waals surface area contributed by atoms with E-state index in [-0.39, 0.29) is 17.8 Å². The van der Waals surface area contributed by atoms with Gasteiger partial charge in [0.15, 0.2) is 0 Å². The molecule has 0 amide bonds. The van der Waals surface area contributed by atoms with Crippen LogP contribution in [0.2, 0.25) is 0 Å². The SMILES string of the molecule is Cc1ccccc1CC1(C#N)CCNCC1.Cl. The quantitative estimate of drug-likeness (QED) is 0.876. The number of piperidine rings is 1. The van der Waals surface area contributed by atoms with E-state index < -0.39 is 0 Å². The lowest BCUT2D eigenvalue weighted by atomic mass is 9.75. The van der Waals surface area contributed by atoms with Crippen molar-refractivity contribution in [2.24, 2.45) is 5.41 Å². The fraction of sp³-hybridized carbons (Fsp3) is 0.500. The van der Waals surface area contributed by atoms with E-state index in [1.807, 2.05) is 0 Å². The number of hydrogen-bond donors (Lipinski definition) is 1. The molecule has 0 saturated carbocycles. The lowest BCUT2D eigenvalue weighted by Crippen LogP contribution is -2.37. The van der Waals surface area contributed by atoms with Crippen molar-refractivity contribution >= 4 is 12.4 Å².